The van der Waals surface area contributed by atoms with E-state index in [-0.39, 0.29) is 25.0 Å². The van der Waals surface area contributed by atoms with Gasteiger partial charge in [-0.05, 0) is 42.7 Å². The number of ether oxygens (including phenoxy) is 2. The summed E-state index contributed by atoms with van der Waals surface area (Å²) in [7, 11) is 3.39. The largest absolute Gasteiger partial charge is 0.493 e. The van der Waals surface area contributed by atoms with Crippen molar-refractivity contribution in [3.05, 3.63) is 76.6 Å². The summed E-state index contributed by atoms with van der Waals surface area (Å²) in [5, 5.41) is 8.02. The second-order valence-electron chi connectivity index (χ2n) is 10.8. The van der Waals surface area contributed by atoms with Crippen LogP contribution >= 0.6 is 11.9 Å². The van der Waals surface area contributed by atoms with Crippen molar-refractivity contribution >= 4 is 23.8 Å². The Bertz CT molecular complexity index is 1380. The van der Waals surface area contributed by atoms with E-state index in [9.17, 15) is 9.59 Å². The highest BCUT2D eigenvalue weighted by atomic mass is 32.2. The average Bonchev–Trinajstić information content (AvgIpc) is 3.75. The molecule has 1 saturated carbocycles. The zero-order valence-corrected chi connectivity index (χ0v) is 25.1. The van der Waals surface area contributed by atoms with Gasteiger partial charge in [0, 0.05) is 62.1 Å². The molecule has 0 bridgehead atoms. The van der Waals surface area contributed by atoms with Crippen molar-refractivity contribution in [3.8, 4) is 11.5 Å². The molecule has 3 aromatic rings. The lowest BCUT2D eigenvalue weighted by atomic mass is 10.1. The molecular formula is C31H39N5O4S. The number of carbonyl (C=O) groups is 2. The number of rotatable bonds is 11. The molecule has 0 radical (unpaired) electrons. The highest BCUT2D eigenvalue weighted by Gasteiger charge is 2.28. The van der Waals surface area contributed by atoms with E-state index in [1.165, 1.54) is 0 Å². The van der Waals surface area contributed by atoms with Crippen molar-refractivity contribution in [2.75, 3.05) is 33.3 Å². The summed E-state index contributed by atoms with van der Waals surface area (Å²) in [6.45, 7) is 8.14. The molecule has 10 heteroatoms. The van der Waals surface area contributed by atoms with Gasteiger partial charge in [0.1, 0.15) is 12.3 Å². The molecule has 9 nitrogen and oxygen atoms in total. The molecule has 1 aliphatic carbocycles. The molecule has 41 heavy (non-hydrogen) atoms. The van der Waals surface area contributed by atoms with E-state index < -0.39 is 0 Å². The van der Waals surface area contributed by atoms with Crippen LogP contribution in [-0.2, 0) is 20.2 Å². The number of amides is 2. The first-order valence-corrected chi connectivity index (χ1v) is 15.1. The standard InChI is InChI=1S/C31H39N5O4S/c1-21(2)41-36-15-13-35(14-16-36)31(38)24-8-5-7-22(17-24)20-40-28-10-6-9-25(29(28)39-4)19-32-30(37)27-18-26(23-11-12-23)33-34(27)3/h5-10,17-18,21,23H,11-16,19-20H2,1-4H3,(H,32,37). The van der Waals surface area contributed by atoms with Crippen LogP contribution in [0.2, 0.25) is 0 Å². The van der Waals surface area contributed by atoms with Crippen molar-refractivity contribution in [1.29, 1.82) is 0 Å². The Kier molecular flexibility index (Phi) is 9.19. The Balaban J connectivity index is 1.19. The van der Waals surface area contributed by atoms with E-state index >= 15 is 0 Å². The van der Waals surface area contributed by atoms with Crippen LogP contribution in [0, 0.1) is 0 Å². The second-order valence-corrected chi connectivity index (χ2v) is 12.5. The van der Waals surface area contributed by atoms with Gasteiger partial charge in [-0.1, -0.05) is 50.1 Å². The Morgan fingerprint density at radius 3 is 2.54 bits per heavy atom. The van der Waals surface area contributed by atoms with Crippen molar-refractivity contribution in [2.45, 2.75) is 51.0 Å². The molecule has 2 fully saturated rings. The van der Waals surface area contributed by atoms with Crippen LogP contribution in [0.3, 0.4) is 0 Å². The highest BCUT2D eigenvalue weighted by Crippen LogP contribution is 2.39. The van der Waals surface area contributed by atoms with Gasteiger partial charge < -0.3 is 19.7 Å². The number of methoxy groups -OCH3 is 1. The number of aromatic nitrogens is 2. The predicted molar refractivity (Wildman–Crippen MR) is 160 cm³/mol. The molecule has 1 N–H and O–H groups in total. The van der Waals surface area contributed by atoms with Gasteiger partial charge in [-0.2, -0.15) is 5.10 Å². The fourth-order valence-corrected chi connectivity index (χ4v) is 6.00. The zero-order chi connectivity index (χ0) is 28.9. The highest BCUT2D eigenvalue weighted by molar-refractivity contribution is 7.97. The summed E-state index contributed by atoms with van der Waals surface area (Å²) in [4.78, 5) is 28.0. The third-order valence-corrected chi connectivity index (χ3v) is 8.37. The van der Waals surface area contributed by atoms with Crippen molar-refractivity contribution in [3.63, 3.8) is 0 Å². The van der Waals surface area contributed by atoms with Gasteiger partial charge in [-0.15, -0.1) is 0 Å². The Morgan fingerprint density at radius 1 is 1.07 bits per heavy atom. The lowest BCUT2D eigenvalue weighted by Gasteiger charge is -2.34. The molecular weight excluding hydrogens is 538 g/mol. The van der Waals surface area contributed by atoms with Gasteiger partial charge in [0.2, 0.25) is 0 Å². The Morgan fingerprint density at radius 2 is 1.83 bits per heavy atom. The van der Waals surface area contributed by atoms with Gasteiger partial charge >= 0.3 is 0 Å². The average molecular weight is 578 g/mol. The number of piperazine rings is 1. The fraction of sp³-hybridized carbons (Fsp3) is 0.452. The Labute approximate surface area is 246 Å². The van der Waals surface area contributed by atoms with Crippen molar-refractivity contribution in [1.82, 2.24) is 24.3 Å². The predicted octanol–water partition coefficient (Wildman–Crippen LogP) is 4.63. The first-order chi connectivity index (χ1) is 19.8. The van der Waals surface area contributed by atoms with Crippen LogP contribution in [0.4, 0.5) is 0 Å². The minimum absolute atomic E-state index is 0.0500. The summed E-state index contributed by atoms with van der Waals surface area (Å²) in [6.07, 6.45) is 2.27. The first-order valence-electron chi connectivity index (χ1n) is 14.2. The smallest absolute Gasteiger partial charge is 0.269 e. The molecule has 0 atom stereocenters. The number of para-hydroxylation sites is 1. The Hall–Kier alpha value is -3.50. The van der Waals surface area contributed by atoms with E-state index in [1.807, 2.05) is 65.4 Å². The quantitative estimate of drug-likeness (QED) is 0.333. The molecule has 1 aliphatic heterocycles. The molecule has 2 amide bonds. The molecule has 0 unspecified atom stereocenters. The number of hydrogen-bond acceptors (Lipinski definition) is 7. The summed E-state index contributed by atoms with van der Waals surface area (Å²) >= 11 is 1.85. The third-order valence-electron chi connectivity index (χ3n) is 7.28. The second kappa shape index (κ2) is 13.0. The van der Waals surface area contributed by atoms with E-state index in [1.54, 1.807) is 18.8 Å². The number of benzene rings is 2. The molecule has 0 spiro atoms. The van der Waals surface area contributed by atoms with Gasteiger partial charge in [-0.25, -0.2) is 4.31 Å². The number of hydrogen-bond donors (Lipinski definition) is 1. The third kappa shape index (κ3) is 7.23. The van der Waals surface area contributed by atoms with Gasteiger partial charge in [0.15, 0.2) is 11.5 Å². The van der Waals surface area contributed by atoms with Crippen molar-refractivity contribution < 1.29 is 19.1 Å². The summed E-state index contributed by atoms with van der Waals surface area (Å²) in [5.41, 5.74) is 3.90. The molecule has 218 valence electrons. The molecule has 2 aliphatic rings. The van der Waals surface area contributed by atoms with E-state index in [2.05, 4.69) is 28.6 Å². The maximum Gasteiger partial charge on any atom is 0.269 e. The molecule has 1 aromatic heterocycles. The van der Waals surface area contributed by atoms with E-state index in [0.717, 1.165) is 55.8 Å². The molecule has 2 heterocycles. The van der Waals surface area contributed by atoms with E-state index in [0.29, 0.717) is 33.9 Å². The van der Waals surface area contributed by atoms with Crippen LogP contribution in [0.1, 0.15) is 70.3 Å². The molecule has 1 saturated heterocycles. The number of aryl methyl sites for hydroxylation is 1. The van der Waals surface area contributed by atoms with Crippen LogP contribution in [0.15, 0.2) is 48.5 Å². The number of nitrogens with zero attached hydrogens (tertiary/aromatic N) is 4. The zero-order valence-electron chi connectivity index (χ0n) is 24.3. The number of nitrogens with one attached hydrogen (secondary N) is 1. The van der Waals surface area contributed by atoms with Crippen LogP contribution in [0.25, 0.3) is 0 Å². The normalized spacial score (nSPS) is 15.7. The van der Waals surface area contributed by atoms with Gasteiger partial charge in [0.25, 0.3) is 11.8 Å². The van der Waals surface area contributed by atoms with Crippen LogP contribution in [-0.4, -0.2) is 69.3 Å². The first kappa shape index (κ1) is 29.0. The van der Waals surface area contributed by atoms with E-state index in [4.69, 9.17) is 9.47 Å². The van der Waals surface area contributed by atoms with Gasteiger partial charge in [-0.3, -0.25) is 14.3 Å². The summed E-state index contributed by atoms with van der Waals surface area (Å²) < 4.78 is 15.8. The topological polar surface area (TPSA) is 88.9 Å². The van der Waals surface area contributed by atoms with Crippen molar-refractivity contribution in [2.24, 2.45) is 7.05 Å². The minimum Gasteiger partial charge on any atom is -0.493 e. The van der Waals surface area contributed by atoms with Crippen LogP contribution < -0.4 is 14.8 Å². The SMILES string of the molecule is COc1c(CNC(=O)c2cc(C3CC3)nn2C)cccc1OCc1cccc(C(=O)N2CCN(SC(C)C)CC2)c1. The maximum absolute atomic E-state index is 13.2. The maximum atomic E-state index is 13.2. The van der Waals surface area contributed by atoms with Gasteiger partial charge in [0.05, 0.1) is 12.8 Å². The lowest BCUT2D eigenvalue weighted by Crippen LogP contribution is -2.46. The molecule has 5 rings (SSSR count). The summed E-state index contributed by atoms with van der Waals surface area (Å²) in [5.74, 6) is 1.50. The summed E-state index contributed by atoms with van der Waals surface area (Å²) in [6, 6.07) is 15.1. The monoisotopic (exact) mass is 577 g/mol. The van der Waals surface area contributed by atoms with Crippen LogP contribution in [0.5, 0.6) is 11.5 Å². The number of carbonyl (C=O) groups excluding carboxylic acids is 2. The molecule has 2 aromatic carbocycles. The lowest BCUT2D eigenvalue weighted by molar-refractivity contribution is 0.0703. The minimum atomic E-state index is -0.179. The fourth-order valence-electron chi connectivity index (χ4n) is 5.02.